The second-order valence-electron chi connectivity index (χ2n) is 5.86. The molecule has 0 amide bonds. The number of hydrogen-bond acceptors (Lipinski definition) is 0. The van der Waals surface area contributed by atoms with Crippen molar-refractivity contribution in [1.82, 2.24) is 0 Å². The van der Waals surface area contributed by atoms with Gasteiger partial charge in [0.05, 0.1) is 0 Å². The summed E-state index contributed by atoms with van der Waals surface area (Å²) >= 11 is 0. The molecule has 0 unspecified atom stereocenters. The molecule has 0 aliphatic heterocycles. The van der Waals surface area contributed by atoms with Crippen molar-refractivity contribution in [2.75, 3.05) is 0 Å². The van der Waals surface area contributed by atoms with Crippen LogP contribution in [0.5, 0.6) is 0 Å². The lowest BCUT2D eigenvalue weighted by molar-refractivity contribution is 0.617. The van der Waals surface area contributed by atoms with Crippen molar-refractivity contribution >= 4 is 0 Å². The minimum Gasteiger partial charge on any atom is -0.0620 e. The van der Waals surface area contributed by atoms with Crippen molar-refractivity contribution in [1.29, 1.82) is 0 Å². The van der Waals surface area contributed by atoms with Gasteiger partial charge in [-0.25, -0.2) is 0 Å². The monoisotopic (exact) mass is 250 g/mol. The summed E-state index contributed by atoms with van der Waals surface area (Å²) in [4.78, 5) is 0. The first-order chi connectivity index (χ1) is 9.27. The zero-order valence-electron chi connectivity index (χ0n) is 11.9. The molecule has 0 heterocycles. The highest BCUT2D eigenvalue weighted by Gasteiger charge is 2.31. The van der Waals surface area contributed by atoms with Crippen LogP contribution in [0.2, 0.25) is 0 Å². The van der Waals surface area contributed by atoms with E-state index in [0.717, 1.165) is 0 Å². The lowest BCUT2D eigenvalue weighted by Crippen LogP contribution is -2.07. The Morgan fingerprint density at radius 2 is 1.11 bits per heavy atom. The molecule has 0 N–H and O–H groups in total. The molecule has 1 fully saturated rings. The van der Waals surface area contributed by atoms with Crippen molar-refractivity contribution in [2.24, 2.45) is 0 Å². The normalized spacial score (nSPS) is 22.6. The topological polar surface area (TPSA) is 0 Å². The molecule has 0 bridgehead atoms. The summed E-state index contributed by atoms with van der Waals surface area (Å²) in [5, 5.41) is 0. The van der Waals surface area contributed by atoms with Crippen LogP contribution in [-0.4, -0.2) is 0 Å². The Morgan fingerprint density at radius 1 is 0.684 bits per heavy atom. The van der Waals surface area contributed by atoms with E-state index >= 15 is 0 Å². The van der Waals surface area contributed by atoms with E-state index in [-0.39, 0.29) is 0 Å². The fourth-order valence-corrected chi connectivity index (χ4v) is 3.71. The van der Waals surface area contributed by atoms with Gasteiger partial charge in [0.15, 0.2) is 0 Å². The molecule has 0 heteroatoms. The quantitative estimate of drug-likeness (QED) is 0.673. The van der Waals surface area contributed by atoms with Crippen molar-refractivity contribution in [2.45, 2.75) is 44.9 Å². The largest absolute Gasteiger partial charge is 0.0620 e. The third kappa shape index (κ3) is 2.32. The molecular formula is C19H22. The first-order valence-corrected chi connectivity index (χ1v) is 7.38. The average Bonchev–Trinajstić information content (AvgIpc) is 2.89. The molecule has 1 aliphatic rings. The molecule has 0 nitrogen and oxygen atoms in total. The van der Waals surface area contributed by atoms with Gasteiger partial charge in [-0.2, -0.15) is 0 Å². The Balaban J connectivity index is 1.99. The maximum Gasteiger partial charge on any atom is -0.00904 e. The number of hydrogen-bond donors (Lipinski definition) is 0. The first kappa shape index (κ1) is 12.5. The molecule has 0 radical (unpaired) electrons. The lowest BCUT2D eigenvalue weighted by Gasteiger charge is -2.23. The van der Waals surface area contributed by atoms with Crippen molar-refractivity contribution in [3.8, 4) is 0 Å². The Kier molecular flexibility index (Phi) is 3.42. The van der Waals surface area contributed by atoms with Gasteiger partial charge in [0.25, 0.3) is 0 Å². The van der Waals surface area contributed by atoms with Gasteiger partial charge in [-0.15, -0.1) is 0 Å². The Bertz CT molecular complexity index is 516. The van der Waals surface area contributed by atoms with E-state index in [2.05, 4.69) is 62.4 Å². The van der Waals surface area contributed by atoms with Gasteiger partial charge in [0, 0.05) is 0 Å². The van der Waals surface area contributed by atoms with Gasteiger partial charge >= 0.3 is 0 Å². The summed E-state index contributed by atoms with van der Waals surface area (Å²) in [5.41, 5.74) is 6.03. The number of benzene rings is 2. The summed E-state index contributed by atoms with van der Waals surface area (Å²) in [6.07, 6.45) is 4.03. The summed E-state index contributed by atoms with van der Waals surface area (Å²) < 4.78 is 0. The molecule has 0 saturated heterocycles. The fourth-order valence-electron chi connectivity index (χ4n) is 3.71. The van der Waals surface area contributed by atoms with Crippen LogP contribution < -0.4 is 0 Å². The van der Waals surface area contributed by atoms with E-state index < -0.39 is 0 Å². The predicted molar refractivity (Wildman–Crippen MR) is 81.7 cm³/mol. The highest BCUT2D eigenvalue weighted by Crippen LogP contribution is 2.47. The molecule has 1 aliphatic carbocycles. The Morgan fingerprint density at radius 3 is 1.53 bits per heavy atom. The minimum absolute atomic E-state index is 0.710. The fraction of sp³-hybridized carbons (Fsp3) is 0.368. The molecule has 2 aromatic rings. The molecule has 19 heavy (non-hydrogen) atoms. The Labute approximate surface area is 116 Å². The van der Waals surface area contributed by atoms with E-state index in [1.54, 1.807) is 11.1 Å². The molecule has 1 saturated carbocycles. The summed E-state index contributed by atoms with van der Waals surface area (Å²) in [7, 11) is 0. The van der Waals surface area contributed by atoms with E-state index in [9.17, 15) is 0 Å². The predicted octanol–water partition coefficient (Wildman–Crippen LogP) is 5.35. The van der Waals surface area contributed by atoms with Crippen LogP contribution in [0.15, 0.2) is 48.5 Å². The zero-order valence-corrected chi connectivity index (χ0v) is 11.9. The molecule has 0 aromatic heterocycles. The Hall–Kier alpha value is -1.56. The molecule has 2 atom stereocenters. The van der Waals surface area contributed by atoms with E-state index in [1.807, 2.05) is 0 Å². The molecule has 98 valence electrons. The van der Waals surface area contributed by atoms with Gasteiger partial charge in [-0.1, -0.05) is 55.0 Å². The molecule has 0 spiro atoms. The van der Waals surface area contributed by atoms with Crippen molar-refractivity contribution in [3.05, 3.63) is 70.8 Å². The van der Waals surface area contributed by atoms with Crippen LogP contribution in [0.4, 0.5) is 0 Å². The summed E-state index contributed by atoms with van der Waals surface area (Å²) in [6, 6.07) is 17.8. The van der Waals surface area contributed by atoms with Crippen molar-refractivity contribution in [3.63, 3.8) is 0 Å². The zero-order chi connectivity index (χ0) is 13.2. The van der Waals surface area contributed by atoms with Crippen LogP contribution in [0.25, 0.3) is 0 Å². The minimum atomic E-state index is 0.710. The standard InChI is InChI=1S/C19H22/c1-14-8-3-5-10-16(14)18-12-7-13-19(18)17-11-6-4-9-15(17)2/h3-6,8-11,18-19H,7,12-13H2,1-2H3/t18-,19-/m0/s1. The second-order valence-corrected chi connectivity index (χ2v) is 5.86. The van der Waals surface area contributed by atoms with Crippen LogP contribution in [0.3, 0.4) is 0 Å². The summed E-state index contributed by atoms with van der Waals surface area (Å²) in [5.74, 6) is 1.42. The second kappa shape index (κ2) is 5.21. The van der Waals surface area contributed by atoms with Crippen LogP contribution in [0.1, 0.15) is 53.4 Å². The number of rotatable bonds is 2. The van der Waals surface area contributed by atoms with Gasteiger partial charge in [-0.3, -0.25) is 0 Å². The smallest absolute Gasteiger partial charge is 0.00904 e. The third-order valence-corrected chi connectivity index (χ3v) is 4.69. The first-order valence-electron chi connectivity index (χ1n) is 7.38. The van der Waals surface area contributed by atoms with E-state index in [1.165, 1.54) is 30.4 Å². The lowest BCUT2D eigenvalue weighted by atomic mass is 9.81. The third-order valence-electron chi connectivity index (χ3n) is 4.69. The van der Waals surface area contributed by atoms with Crippen LogP contribution in [-0.2, 0) is 0 Å². The highest BCUT2D eigenvalue weighted by molar-refractivity contribution is 5.37. The maximum absolute atomic E-state index is 2.33. The molecule has 2 aromatic carbocycles. The van der Waals surface area contributed by atoms with Gasteiger partial charge < -0.3 is 0 Å². The van der Waals surface area contributed by atoms with E-state index in [0.29, 0.717) is 11.8 Å². The SMILES string of the molecule is Cc1ccccc1[C@@H]1CCC[C@H]1c1ccccc1C. The van der Waals surface area contributed by atoms with Crippen molar-refractivity contribution < 1.29 is 0 Å². The number of aryl methyl sites for hydroxylation is 2. The average molecular weight is 250 g/mol. The van der Waals surface area contributed by atoms with Gasteiger partial charge in [0.1, 0.15) is 0 Å². The summed E-state index contributed by atoms with van der Waals surface area (Å²) in [6.45, 7) is 4.51. The van der Waals surface area contributed by atoms with Gasteiger partial charge in [0.2, 0.25) is 0 Å². The van der Waals surface area contributed by atoms with Crippen LogP contribution >= 0.6 is 0 Å². The van der Waals surface area contributed by atoms with Crippen LogP contribution in [0, 0.1) is 13.8 Å². The molecular weight excluding hydrogens is 228 g/mol. The highest BCUT2D eigenvalue weighted by atomic mass is 14.3. The van der Waals surface area contributed by atoms with Gasteiger partial charge in [-0.05, 0) is 60.8 Å². The maximum atomic E-state index is 2.33. The molecule has 3 rings (SSSR count). The van der Waals surface area contributed by atoms with E-state index in [4.69, 9.17) is 0 Å².